The fourth-order valence-corrected chi connectivity index (χ4v) is 1.60. The van der Waals surface area contributed by atoms with E-state index in [0.717, 1.165) is 0 Å². The largest absolute Gasteiger partial charge is 0.395 e. The van der Waals surface area contributed by atoms with Gasteiger partial charge in [-0.15, -0.1) is 0 Å². The fraction of sp³-hybridized carbons (Fsp3) is 0.857. The molecule has 22 heavy (non-hydrogen) atoms. The number of aliphatic hydroxyl groups excluding tert-OH is 2. The lowest BCUT2D eigenvalue weighted by Gasteiger charge is -2.20. The van der Waals surface area contributed by atoms with E-state index in [1.165, 1.54) is 0 Å². The van der Waals surface area contributed by atoms with Crippen LogP contribution in [0, 0.1) is 0 Å². The number of carbonyl (C=O) groups excluding carboxylic acids is 2. The molecular formula is C14H32N4O4. The molecule has 8 nitrogen and oxygen atoms in total. The summed E-state index contributed by atoms with van der Waals surface area (Å²) < 4.78 is 0. The van der Waals surface area contributed by atoms with E-state index in [1.54, 1.807) is 0 Å². The number of aliphatic hydroxyl groups is 2. The van der Waals surface area contributed by atoms with Crippen molar-refractivity contribution in [2.24, 2.45) is 5.73 Å². The highest BCUT2D eigenvalue weighted by Gasteiger charge is 2.09. The van der Waals surface area contributed by atoms with Crippen LogP contribution in [-0.4, -0.2) is 79.4 Å². The molecule has 0 aliphatic carbocycles. The second kappa shape index (κ2) is 17.8. The maximum atomic E-state index is 11.4. The van der Waals surface area contributed by atoms with E-state index in [2.05, 4.69) is 10.6 Å². The van der Waals surface area contributed by atoms with Gasteiger partial charge in [-0.25, -0.2) is 0 Å². The number of carbonyl (C=O) groups is 2. The summed E-state index contributed by atoms with van der Waals surface area (Å²) in [5, 5.41) is 22.3. The van der Waals surface area contributed by atoms with Crippen LogP contribution in [0.1, 0.15) is 26.7 Å². The van der Waals surface area contributed by atoms with Crippen LogP contribution in [0.5, 0.6) is 0 Å². The summed E-state index contributed by atoms with van der Waals surface area (Å²) in [5.74, 6) is -0.267. The summed E-state index contributed by atoms with van der Waals surface area (Å²) in [6, 6.07) is 0. The van der Waals surface area contributed by atoms with Crippen LogP contribution >= 0.6 is 0 Å². The van der Waals surface area contributed by atoms with Crippen molar-refractivity contribution in [2.75, 3.05) is 52.5 Å². The summed E-state index contributed by atoms with van der Waals surface area (Å²) in [6.45, 7) is 6.44. The molecule has 0 spiro atoms. The third-order valence-corrected chi connectivity index (χ3v) is 2.62. The Labute approximate surface area is 133 Å². The maximum absolute atomic E-state index is 11.4. The van der Waals surface area contributed by atoms with Gasteiger partial charge in [-0.2, -0.15) is 0 Å². The molecule has 0 rings (SSSR count). The van der Waals surface area contributed by atoms with Gasteiger partial charge in [0.15, 0.2) is 0 Å². The standard InChI is InChI=1S/C12H26N4O4.C2H6/c13-3-8-16(6-1-11(19)14-4-9-17)7-2-12(20)15-5-10-18;1-2/h17-18H,1-10,13H2,(H,14,19)(H,15,20);1-2H3. The second-order valence-corrected chi connectivity index (χ2v) is 4.28. The number of hydrogen-bond acceptors (Lipinski definition) is 6. The van der Waals surface area contributed by atoms with E-state index < -0.39 is 0 Å². The number of hydrogen-bond donors (Lipinski definition) is 5. The molecule has 0 aliphatic heterocycles. The Morgan fingerprint density at radius 3 is 1.64 bits per heavy atom. The average Bonchev–Trinajstić information content (AvgIpc) is 2.55. The van der Waals surface area contributed by atoms with Crippen molar-refractivity contribution in [3.8, 4) is 0 Å². The molecule has 0 aromatic heterocycles. The molecule has 0 atom stereocenters. The summed E-state index contributed by atoms with van der Waals surface area (Å²) in [7, 11) is 0. The quantitative estimate of drug-likeness (QED) is 0.291. The van der Waals surface area contributed by atoms with Crippen molar-refractivity contribution in [2.45, 2.75) is 26.7 Å². The van der Waals surface area contributed by atoms with Crippen LogP contribution in [0.3, 0.4) is 0 Å². The molecule has 132 valence electrons. The lowest BCUT2D eigenvalue weighted by Crippen LogP contribution is -2.37. The van der Waals surface area contributed by atoms with E-state index in [4.69, 9.17) is 15.9 Å². The van der Waals surface area contributed by atoms with Crippen molar-refractivity contribution in [1.29, 1.82) is 0 Å². The predicted octanol–water partition coefficient (Wildman–Crippen LogP) is -1.73. The fourth-order valence-electron chi connectivity index (χ4n) is 1.60. The molecule has 0 saturated heterocycles. The minimum absolute atomic E-state index is 0.0801. The monoisotopic (exact) mass is 320 g/mol. The highest BCUT2D eigenvalue weighted by atomic mass is 16.3. The number of nitrogens with two attached hydrogens (primary N) is 1. The van der Waals surface area contributed by atoms with Gasteiger partial charge in [-0.05, 0) is 0 Å². The third kappa shape index (κ3) is 15.2. The molecular weight excluding hydrogens is 288 g/mol. The smallest absolute Gasteiger partial charge is 0.221 e. The summed E-state index contributed by atoms with van der Waals surface area (Å²) in [6.07, 6.45) is 0.608. The molecule has 0 aromatic carbocycles. The van der Waals surface area contributed by atoms with Crippen LogP contribution in [-0.2, 0) is 9.59 Å². The van der Waals surface area contributed by atoms with Gasteiger partial charge >= 0.3 is 0 Å². The lowest BCUT2D eigenvalue weighted by atomic mass is 10.3. The number of amides is 2. The number of rotatable bonds is 12. The molecule has 6 N–H and O–H groups in total. The van der Waals surface area contributed by atoms with Gasteiger partial charge in [-0.3, -0.25) is 9.59 Å². The van der Waals surface area contributed by atoms with Crippen LogP contribution in [0.4, 0.5) is 0 Å². The van der Waals surface area contributed by atoms with E-state index in [-0.39, 0.29) is 38.1 Å². The Hall–Kier alpha value is -1.22. The first-order valence-corrected chi connectivity index (χ1v) is 7.81. The Bertz CT molecular complexity index is 254. The first-order chi connectivity index (χ1) is 10.6. The van der Waals surface area contributed by atoms with Gasteiger partial charge in [0, 0.05) is 52.1 Å². The van der Waals surface area contributed by atoms with E-state index in [1.807, 2.05) is 18.7 Å². The molecule has 8 heteroatoms. The normalized spacial score (nSPS) is 9.91. The van der Waals surface area contributed by atoms with Crippen LogP contribution in [0.15, 0.2) is 0 Å². The molecule has 0 radical (unpaired) electrons. The predicted molar refractivity (Wildman–Crippen MR) is 86.3 cm³/mol. The average molecular weight is 320 g/mol. The van der Waals surface area contributed by atoms with Gasteiger partial charge < -0.3 is 31.5 Å². The number of nitrogens with one attached hydrogen (secondary N) is 2. The Morgan fingerprint density at radius 2 is 1.32 bits per heavy atom. The zero-order valence-electron chi connectivity index (χ0n) is 13.8. The summed E-state index contributed by atoms with van der Waals surface area (Å²) in [5.41, 5.74) is 5.49. The molecule has 0 aliphatic rings. The lowest BCUT2D eigenvalue weighted by molar-refractivity contribution is -0.121. The molecule has 0 aromatic rings. The molecule has 0 heterocycles. The molecule has 0 saturated carbocycles. The minimum Gasteiger partial charge on any atom is -0.395 e. The van der Waals surface area contributed by atoms with Crippen molar-refractivity contribution >= 4 is 11.8 Å². The van der Waals surface area contributed by atoms with Crippen LogP contribution < -0.4 is 16.4 Å². The summed E-state index contributed by atoms with van der Waals surface area (Å²) >= 11 is 0. The third-order valence-electron chi connectivity index (χ3n) is 2.62. The van der Waals surface area contributed by atoms with Crippen molar-refractivity contribution in [3.63, 3.8) is 0 Å². The van der Waals surface area contributed by atoms with Gasteiger partial charge in [0.2, 0.25) is 11.8 Å². The zero-order chi connectivity index (χ0) is 17.2. The van der Waals surface area contributed by atoms with Crippen molar-refractivity contribution in [3.05, 3.63) is 0 Å². The topological polar surface area (TPSA) is 128 Å². The Balaban J connectivity index is 0. The highest BCUT2D eigenvalue weighted by molar-refractivity contribution is 5.76. The SMILES string of the molecule is CC.NCCN(CCC(=O)NCCO)CCC(=O)NCCO. The Kier molecular flexibility index (Phi) is 18.7. The highest BCUT2D eigenvalue weighted by Crippen LogP contribution is 1.94. The van der Waals surface area contributed by atoms with Gasteiger partial charge in [0.25, 0.3) is 0 Å². The summed E-state index contributed by atoms with van der Waals surface area (Å²) in [4.78, 5) is 24.7. The zero-order valence-corrected chi connectivity index (χ0v) is 13.8. The Morgan fingerprint density at radius 1 is 0.909 bits per heavy atom. The van der Waals surface area contributed by atoms with Crippen LogP contribution in [0.2, 0.25) is 0 Å². The van der Waals surface area contributed by atoms with Crippen molar-refractivity contribution < 1.29 is 19.8 Å². The van der Waals surface area contributed by atoms with E-state index in [9.17, 15) is 9.59 Å². The first-order valence-electron chi connectivity index (χ1n) is 7.81. The van der Waals surface area contributed by atoms with E-state index in [0.29, 0.717) is 39.0 Å². The van der Waals surface area contributed by atoms with Gasteiger partial charge in [0.05, 0.1) is 13.2 Å². The van der Waals surface area contributed by atoms with E-state index >= 15 is 0 Å². The van der Waals surface area contributed by atoms with Gasteiger partial charge in [0.1, 0.15) is 0 Å². The molecule has 0 unspecified atom stereocenters. The number of nitrogens with zero attached hydrogens (tertiary/aromatic N) is 1. The first kappa shape index (κ1) is 23.1. The van der Waals surface area contributed by atoms with Crippen LogP contribution in [0.25, 0.3) is 0 Å². The molecule has 2 amide bonds. The maximum Gasteiger partial charge on any atom is 0.221 e. The second-order valence-electron chi connectivity index (χ2n) is 4.28. The van der Waals surface area contributed by atoms with Crippen molar-refractivity contribution in [1.82, 2.24) is 15.5 Å². The minimum atomic E-state index is -0.134. The molecule has 0 bridgehead atoms. The van der Waals surface area contributed by atoms with Gasteiger partial charge in [-0.1, -0.05) is 13.8 Å². The molecule has 0 fully saturated rings.